The smallest absolute Gasteiger partial charge is 0.337 e. The Hall–Kier alpha value is -2.53. The number of halogens is 1. The van der Waals surface area contributed by atoms with Crippen molar-refractivity contribution < 1.29 is 14.7 Å². The number of nitrogens with one attached hydrogen (secondary N) is 2. The van der Waals surface area contributed by atoms with Gasteiger partial charge >= 0.3 is 5.97 Å². The number of hydrogen-bond donors (Lipinski definition) is 3. The first-order chi connectivity index (χ1) is 10.1. The molecule has 0 aromatic heterocycles. The first kappa shape index (κ1) is 14.9. The van der Waals surface area contributed by atoms with E-state index < -0.39 is 5.97 Å². The van der Waals surface area contributed by atoms with Gasteiger partial charge in [0.05, 0.1) is 17.8 Å². The van der Waals surface area contributed by atoms with Crippen molar-refractivity contribution in [2.45, 2.75) is 0 Å². The fourth-order valence-electron chi connectivity index (χ4n) is 1.74. The number of para-hydroxylation sites is 1. The van der Waals surface area contributed by atoms with Crippen LogP contribution < -0.4 is 10.6 Å². The second-order valence-corrected chi connectivity index (χ2v) is 4.70. The first-order valence-corrected chi connectivity index (χ1v) is 6.55. The van der Waals surface area contributed by atoms with Crippen molar-refractivity contribution in [2.24, 2.45) is 0 Å². The van der Waals surface area contributed by atoms with Crippen LogP contribution in [0.25, 0.3) is 0 Å². The van der Waals surface area contributed by atoms with Gasteiger partial charge in [0.1, 0.15) is 0 Å². The zero-order valence-electron chi connectivity index (χ0n) is 11.0. The summed E-state index contributed by atoms with van der Waals surface area (Å²) in [5.41, 5.74) is 0.972. The monoisotopic (exact) mass is 304 g/mol. The molecule has 0 aliphatic heterocycles. The predicted molar refractivity (Wildman–Crippen MR) is 82.0 cm³/mol. The van der Waals surface area contributed by atoms with Gasteiger partial charge in [-0.25, -0.2) is 4.79 Å². The van der Waals surface area contributed by atoms with E-state index in [9.17, 15) is 9.59 Å². The molecule has 0 unspecified atom stereocenters. The SMILES string of the molecule is O=C(CNc1ccccc1)Nc1cc(Cl)ccc1C(=O)O. The van der Waals surface area contributed by atoms with Crippen molar-refractivity contribution in [1.82, 2.24) is 0 Å². The molecule has 1 amide bonds. The second-order valence-electron chi connectivity index (χ2n) is 4.26. The molecule has 0 heterocycles. The van der Waals surface area contributed by atoms with Gasteiger partial charge < -0.3 is 15.7 Å². The van der Waals surface area contributed by atoms with E-state index >= 15 is 0 Å². The molecule has 0 saturated carbocycles. The molecule has 0 spiro atoms. The number of carboxylic acid groups (broad SMARTS) is 1. The first-order valence-electron chi connectivity index (χ1n) is 6.18. The molecule has 0 atom stereocenters. The van der Waals surface area contributed by atoms with Crippen molar-refractivity contribution in [1.29, 1.82) is 0 Å². The van der Waals surface area contributed by atoms with Crippen molar-refractivity contribution in [3.8, 4) is 0 Å². The van der Waals surface area contributed by atoms with Crippen LogP contribution in [0.1, 0.15) is 10.4 Å². The molecule has 21 heavy (non-hydrogen) atoms. The van der Waals surface area contributed by atoms with Gasteiger partial charge in [-0.05, 0) is 30.3 Å². The molecule has 0 fully saturated rings. The average Bonchev–Trinajstić information content (AvgIpc) is 2.46. The number of carbonyl (C=O) groups excluding carboxylic acids is 1. The van der Waals surface area contributed by atoms with Gasteiger partial charge in [-0.2, -0.15) is 0 Å². The molecule has 108 valence electrons. The van der Waals surface area contributed by atoms with E-state index in [1.54, 1.807) is 0 Å². The molecule has 0 saturated heterocycles. The van der Waals surface area contributed by atoms with E-state index in [4.69, 9.17) is 16.7 Å². The maximum atomic E-state index is 11.9. The van der Waals surface area contributed by atoms with Crippen molar-refractivity contribution >= 4 is 34.9 Å². The van der Waals surface area contributed by atoms with Crippen LogP contribution in [-0.2, 0) is 4.79 Å². The number of benzene rings is 2. The van der Waals surface area contributed by atoms with Crippen LogP contribution in [0.5, 0.6) is 0 Å². The topological polar surface area (TPSA) is 78.4 Å². The third-order valence-corrected chi connectivity index (χ3v) is 2.95. The lowest BCUT2D eigenvalue weighted by Crippen LogP contribution is -2.22. The van der Waals surface area contributed by atoms with Crippen molar-refractivity contribution in [2.75, 3.05) is 17.2 Å². The van der Waals surface area contributed by atoms with Crippen LogP contribution >= 0.6 is 11.6 Å². The Balaban J connectivity index is 2.02. The van der Waals surface area contributed by atoms with Crippen molar-refractivity contribution in [3.63, 3.8) is 0 Å². The van der Waals surface area contributed by atoms with Crippen LogP contribution in [0.4, 0.5) is 11.4 Å². The van der Waals surface area contributed by atoms with E-state index in [-0.39, 0.29) is 23.7 Å². The summed E-state index contributed by atoms with van der Waals surface area (Å²) >= 11 is 5.82. The van der Waals surface area contributed by atoms with E-state index in [1.807, 2.05) is 30.3 Å². The fourth-order valence-corrected chi connectivity index (χ4v) is 1.91. The van der Waals surface area contributed by atoms with E-state index in [2.05, 4.69) is 10.6 Å². The van der Waals surface area contributed by atoms with Gasteiger partial charge in [0.25, 0.3) is 0 Å². The van der Waals surface area contributed by atoms with Gasteiger partial charge in [0.2, 0.25) is 5.91 Å². The van der Waals surface area contributed by atoms with Crippen molar-refractivity contribution in [3.05, 3.63) is 59.1 Å². The highest BCUT2D eigenvalue weighted by atomic mass is 35.5. The van der Waals surface area contributed by atoms with E-state index in [0.29, 0.717) is 5.02 Å². The van der Waals surface area contributed by atoms with Gasteiger partial charge in [-0.1, -0.05) is 29.8 Å². The minimum atomic E-state index is -1.13. The second kappa shape index (κ2) is 6.76. The Morgan fingerprint density at radius 2 is 1.81 bits per heavy atom. The fraction of sp³-hybridized carbons (Fsp3) is 0.0667. The van der Waals surface area contributed by atoms with Crippen LogP contribution in [0.15, 0.2) is 48.5 Å². The zero-order chi connectivity index (χ0) is 15.2. The Labute approximate surface area is 126 Å². The quantitative estimate of drug-likeness (QED) is 0.793. The Kier molecular flexibility index (Phi) is 4.79. The highest BCUT2D eigenvalue weighted by molar-refractivity contribution is 6.31. The molecule has 6 heteroatoms. The molecule has 0 radical (unpaired) electrons. The van der Waals surface area contributed by atoms with Crippen LogP contribution in [0.3, 0.4) is 0 Å². The third-order valence-electron chi connectivity index (χ3n) is 2.71. The summed E-state index contributed by atoms with van der Waals surface area (Å²) in [6, 6.07) is 13.4. The largest absolute Gasteiger partial charge is 0.478 e. The summed E-state index contributed by atoms with van der Waals surface area (Å²) < 4.78 is 0. The van der Waals surface area contributed by atoms with Gasteiger partial charge in [-0.15, -0.1) is 0 Å². The van der Waals surface area contributed by atoms with Gasteiger partial charge in [0, 0.05) is 10.7 Å². The molecule has 0 aliphatic carbocycles. The molecule has 2 aromatic carbocycles. The highest BCUT2D eigenvalue weighted by Crippen LogP contribution is 2.21. The number of hydrogen-bond acceptors (Lipinski definition) is 3. The minimum Gasteiger partial charge on any atom is -0.478 e. The number of carboxylic acids is 1. The maximum absolute atomic E-state index is 11.9. The normalized spacial score (nSPS) is 9.95. The zero-order valence-corrected chi connectivity index (χ0v) is 11.7. The van der Waals surface area contributed by atoms with Gasteiger partial charge in [0.15, 0.2) is 0 Å². The molecule has 2 rings (SSSR count). The Bertz CT molecular complexity index is 659. The summed E-state index contributed by atoms with van der Waals surface area (Å²) in [6.07, 6.45) is 0. The number of carbonyl (C=O) groups is 2. The average molecular weight is 305 g/mol. The summed E-state index contributed by atoms with van der Waals surface area (Å²) in [7, 11) is 0. The summed E-state index contributed by atoms with van der Waals surface area (Å²) in [5.74, 6) is -1.48. The summed E-state index contributed by atoms with van der Waals surface area (Å²) in [4.78, 5) is 22.9. The lowest BCUT2D eigenvalue weighted by atomic mass is 10.2. The van der Waals surface area contributed by atoms with Gasteiger partial charge in [-0.3, -0.25) is 4.79 Å². The molecule has 0 bridgehead atoms. The van der Waals surface area contributed by atoms with E-state index in [1.165, 1.54) is 18.2 Å². The lowest BCUT2D eigenvalue weighted by Gasteiger charge is -2.10. The number of rotatable bonds is 5. The Morgan fingerprint density at radius 1 is 1.10 bits per heavy atom. The van der Waals surface area contributed by atoms with Crippen LogP contribution in [0, 0.1) is 0 Å². The van der Waals surface area contributed by atoms with Crippen LogP contribution in [0.2, 0.25) is 5.02 Å². The molecule has 3 N–H and O–H groups in total. The van der Waals surface area contributed by atoms with Crippen LogP contribution in [-0.4, -0.2) is 23.5 Å². The predicted octanol–water partition coefficient (Wildman–Crippen LogP) is 3.09. The molecule has 2 aromatic rings. The van der Waals surface area contributed by atoms with E-state index in [0.717, 1.165) is 5.69 Å². The molecular weight excluding hydrogens is 292 g/mol. The number of amides is 1. The number of aromatic carboxylic acids is 1. The standard InChI is InChI=1S/C15H13ClN2O3/c16-10-6-7-12(15(20)21)13(8-10)18-14(19)9-17-11-4-2-1-3-5-11/h1-8,17H,9H2,(H,18,19)(H,20,21). The lowest BCUT2D eigenvalue weighted by molar-refractivity contribution is -0.114. The molecular formula is C15H13ClN2O3. The molecule has 0 aliphatic rings. The Morgan fingerprint density at radius 3 is 2.48 bits per heavy atom. The highest BCUT2D eigenvalue weighted by Gasteiger charge is 2.12. The third kappa shape index (κ3) is 4.22. The summed E-state index contributed by atoms with van der Waals surface area (Å²) in [5, 5.41) is 14.9. The summed E-state index contributed by atoms with van der Waals surface area (Å²) in [6.45, 7) is 0.0234. The minimum absolute atomic E-state index is 0.00698. The molecule has 5 nitrogen and oxygen atoms in total. The number of anilines is 2. The maximum Gasteiger partial charge on any atom is 0.337 e.